The Bertz CT molecular complexity index is 803. The lowest BCUT2D eigenvalue weighted by atomic mass is 10.2. The Hall–Kier alpha value is -2.81. The number of piperazine rings is 1. The molecule has 4 heterocycles. The smallest absolute Gasteiger partial charge is 0.270 e. The van der Waals surface area contributed by atoms with Gasteiger partial charge in [-0.3, -0.25) is 4.79 Å². The number of amides is 1. The minimum atomic E-state index is -0.182. The highest BCUT2D eigenvalue weighted by Crippen LogP contribution is 2.16. The molecule has 28 heavy (non-hydrogen) atoms. The SMILES string of the molecule is Cc1cc(C(=O)NCC2CCCO2)nc(N2CCN(c3ncccn3)CC2)n1. The maximum atomic E-state index is 12.5. The number of nitrogens with one attached hydrogen (secondary N) is 1. The Kier molecular flexibility index (Phi) is 5.61. The summed E-state index contributed by atoms with van der Waals surface area (Å²) in [6.07, 6.45) is 5.65. The molecule has 2 aliphatic heterocycles. The number of aryl methyl sites for hydroxylation is 1. The van der Waals surface area contributed by atoms with E-state index in [1.807, 2.05) is 13.0 Å². The summed E-state index contributed by atoms with van der Waals surface area (Å²) in [7, 11) is 0. The van der Waals surface area contributed by atoms with E-state index in [2.05, 4.69) is 35.1 Å². The summed E-state index contributed by atoms with van der Waals surface area (Å²) in [5.74, 6) is 1.15. The highest BCUT2D eigenvalue weighted by molar-refractivity contribution is 5.92. The fraction of sp³-hybridized carbons (Fsp3) is 0.526. The Labute approximate surface area is 164 Å². The normalized spacial score (nSPS) is 19.7. The molecule has 1 amide bonds. The van der Waals surface area contributed by atoms with Crippen LogP contribution in [0.25, 0.3) is 0 Å². The summed E-state index contributed by atoms with van der Waals surface area (Å²) in [4.78, 5) is 34.4. The summed E-state index contributed by atoms with van der Waals surface area (Å²) in [6.45, 7) is 6.24. The molecule has 148 valence electrons. The zero-order chi connectivity index (χ0) is 19.3. The van der Waals surface area contributed by atoms with Gasteiger partial charge in [-0.2, -0.15) is 0 Å². The van der Waals surface area contributed by atoms with Crippen molar-refractivity contribution in [2.75, 3.05) is 49.1 Å². The van der Waals surface area contributed by atoms with E-state index in [4.69, 9.17) is 4.74 Å². The van der Waals surface area contributed by atoms with E-state index in [-0.39, 0.29) is 12.0 Å². The van der Waals surface area contributed by atoms with Gasteiger partial charge in [-0.15, -0.1) is 0 Å². The molecule has 2 aromatic rings. The van der Waals surface area contributed by atoms with Crippen LogP contribution in [-0.4, -0.2) is 71.3 Å². The van der Waals surface area contributed by atoms with E-state index >= 15 is 0 Å². The van der Waals surface area contributed by atoms with E-state index in [0.717, 1.165) is 57.3 Å². The minimum absolute atomic E-state index is 0.111. The van der Waals surface area contributed by atoms with Crippen molar-refractivity contribution in [3.8, 4) is 0 Å². The highest BCUT2D eigenvalue weighted by Gasteiger charge is 2.23. The number of rotatable bonds is 5. The molecule has 4 rings (SSSR count). The largest absolute Gasteiger partial charge is 0.376 e. The number of ether oxygens (including phenoxy) is 1. The lowest BCUT2D eigenvalue weighted by Gasteiger charge is -2.34. The van der Waals surface area contributed by atoms with Crippen molar-refractivity contribution in [2.45, 2.75) is 25.9 Å². The van der Waals surface area contributed by atoms with E-state index in [9.17, 15) is 4.79 Å². The number of carbonyl (C=O) groups excluding carboxylic acids is 1. The van der Waals surface area contributed by atoms with E-state index in [0.29, 0.717) is 18.2 Å². The van der Waals surface area contributed by atoms with Crippen LogP contribution in [0.4, 0.5) is 11.9 Å². The summed E-state index contributed by atoms with van der Waals surface area (Å²) < 4.78 is 5.56. The van der Waals surface area contributed by atoms with Gasteiger partial charge >= 0.3 is 0 Å². The van der Waals surface area contributed by atoms with Gasteiger partial charge in [-0.1, -0.05) is 0 Å². The number of hydrogen-bond donors (Lipinski definition) is 1. The molecule has 2 aliphatic rings. The lowest BCUT2D eigenvalue weighted by molar-refractivity contribution is 0.0853. The van der Waals surface area contributed by atoms with Crippen molar-refractivity contribution >= 4 is 17.8 Å². The zero-order valence-electron chi connectivity index (χ0n) is 16.0. The topological polar surface area (TPSA) is 96.4 Å². The quantitative estimate of drug-likeness (QED) is 0.810. The van der Waals surface area contributed by atoms with Crippen molar-refractivity contribution in [1.29, 1.82) is 0 Å². The molecule has 0 spiro atoms. The third-order valence-corrected chi connectivity index (χ3v) is 4.99. The predicted octanol–water partition coefficient (Wildman–Crippen LogP) is 0.810. The third-order valence-electron chi connectivity index (χ3n) is 4.99. The maximum absolute atomic E-state index is 12.5. The standard InChI is InChI=1S/C19H25N7O2/c1-14-12-16(17(27)22-13-15-4-2-11-28-15)24-19(23-14)26-9-7-25(8-10-26)18-20-5-3-6-21-18/h3,5-6,12,15H,2,4,7-11,13H2,1H3,(H,22,27). The molecule has 0 saturated carbocycles. The molecule has 9 heteroatoms. The van der Waals surface area contributed by atoms with Crippen LogP contribution in [-0.2, 0) is 4.74 Å². The first-order chi connectivity index (χ1) is 13.7. The Morgan fingerprint density at radius 3 is 2.54 bits per heavy atom. The van der Waals surface area contributed by atoms with Crippen LogP contribution in [0.15, 0.2) is 24.5 Å². The number of anilines is 2. The summed E-state index contributed by atoms with van der Waals surface area (Å²) in [6, 6.07) is 3.54. The van der Waals surface area contributed by atoms with Crippen LogP contribution in [0.5, 0.6) is 0 Å². The van der Waals surface area contributed by atoms with E-state index in [1.165, 1.54) is 0 Å². The average molecular weight is 383 g/mol. The van der Waals surface area contributed by atoms with Crippen molar-refractivity contribution < 1.29 is 9.53 Å². The van der Waals surface area contributed by atoms with Crippen LogP contribution < -0.4 is 15.1 Å². The molecule has 0 bridgehead atoms. The van der Waals surface area contributed by atoms with Gasteiger partial charge in [-0.05, 0) is 31.9 Å². The number of carbonyl (C=O) groups is 1. The molecular formula is C19H25N7O2. The Morgan fingerprint density at radius 1 is 1.14 bits per heavy atom. The first-order valence-electron chi connectivity index (χ1n) is 9.71. The number of aromatic nitrogens is 4. The van der Waals surface area contributed by atoms with Gasteiger partial charge in [0.25, 0.3) is 5.91 Å². The van der Waals surface area contributed by atoms with Crippen LogP contribution in [0.2, 0.25) is 0 Å². The van der Waals surface area contributed by atoms with Crippen molar-refractivity contribution in [3.05, 3.63) is 35.9 Å². The highest BCUT2D eigenvalue weighted by atomic mass is 16.5. The second kappa shape index (κ2) is 8.47. The molecule has 0 radical (unpaired) electrons. The summed E-state index contributed by atoms with van der Waals surface area (Å²) in [5.41, 5.74) is 1.18. The van der Waals surface area contributed by atoms with Crippen LogP contribution >= 0.6 is 0 Å². The molecule has 1 atom stereocenters. The Balaban J connectivity index is 1.39. The molecule has 9 nitrogen and oxygen atoms in total. The third kappa shape index (κ3) is 4.36. The molecule has 2 fully saturated rings. The average Bonchev–Trinajstić information content (AvgIpc) is 3.26. The van der Waals surface area contributed by atoms with Crippen LogP contribution in [0.1, 0.15) is 29.0 Å². The second-order valence-corrected chi connectivity index (χ2v) is 7.06. The van der Waals surface area contributed by atoms with Gasteiger partial charge in [-0.25, -0.2) is 19.9 Å². The second-order valence-electron chi connectivity index (χ2n) is 7.06. The van der Waals surface area contributed by atoms with Gasteiger partial charge in [0.15, 0.2) is 0 Å². The Morgan fingerprint density at radius 2 is 1.86 bits per heavy atom. The fourth-order valence-electron chi connectivity index (χ4n) is 3.47. The van der Waals surface area contributed by atoms with Gasteiger partial charge in [0.05, 0.1) is 6.10 Å². The minimum Gasteiger partial charge on any atom is -0.376 e. The van der Waals surface area contributed by atoms with Crippen molar-refractivity contribution in [1.82, 2.24) is 25.3 Å². The summed E-state index contributed by atoms with van der Waals surface area (Å²) in [5, 5.41) is 2.93. The molecular weight excluding hydrogens is 358 g/mol. The number of nitrogens with zero attached hydrogens (tertiary/aromatic N) is 6. The molecule has 1 unspecified atom stereocenters. The molecule has 0 aliphatic carbocycles. The van der Waals surface area contributed by atoms with E-state index in [1.54, 1.807) is 18.5 Å². The fourth-order valence-corrected chi connectivity index (χ4v) is 3.47. The molecule has 1 N–H and O–H groups in total. The molecule has 2 saturated heterocycles. The van der Waals surface area contributed by atoms with Gasteiger partial charge in [0.2, 0.25) is 11.9 Å². The lowest BCUT2D eigenvalue weighted by Crippen LogP contribution is -2.47. The van der Waals surface area contributed by atoms with Gasteiger partial charge in [0.1, 0.15) is 5.69 Å². The number of hydrogen-bond acceptors (Lipinski definition) is 8. The van der Waals surface area contributed by atoms with Gasteiger partial charge in [0, 0.05) is 57.4 Å². The van der Waals surface area contributed by atoms with Crippen molar-refractivity contribution in [3.63, 3.8) is 0 Å². The van der Waals surface area contributed by atoms with Crippen LogP contribution in [0.3, 0.4) is 0 Å². The monoisotopic (exact) mass is 383 g/mol. The van der Waals surface area contributed by atoms with Gasteiger partial charge < -0.3 is 19.9 Å². The zero-order valence-corrected chi connectivity index (χ0v) is 16.0. The van der Waals surface area contributed by atoms with E-state index < -0.39 is 0 Å². The predicted molar refractivity (Wildman–Crippen MR) is 105 cm³/mol. The first-order valence-corrected chi connectivity index (χ1v) is 9.71. The summed E-state index contributed by atoms with van der Waals surface area (Å²) >= 11 is 0. The maximum Gasteiger partial charge on any atom is 0.270 e. The van der Waals surface area contributed by atoms with Crippen LogP contribution in [0, 0.1) is 6.92 Å². The molecule has 2 aromatic heterocycles. The van der Waals surface area contributed by atoms with Crippen molar-refractivity contribution in [2.24, 2.45) is 0 Å². The first kappa shape index (κ1) is 18.5. The molecule has 0 aromatic carbocycles.